The van der Waals surface area contributed by atoms with Gasteiger partial charge in [0, 0.05) is 4.88 Å². The number of nitrogens with zero attached hydrogens (tertiary/aromatic N) is 1. The molecule has 1 rings (SSSR count). The first-order valence-electron chi connectivity index (χ1n) is 6.19. The van der Waals surface area contributed by atoms with Crippen molar-refractivity contribution < 1.29 is 14.8 Å². The molecule has 1 heterocycles. The minimum Gasteiger partial charge on any atom is -0.422 e. The zero-order chi connectivity index (χ0) is 14.0. The van der Waals surface area contributed by atoms with E-state index in [9.17, 15) is 10.1 Å². The van der Waals surface area contributed by atoms with Crippen LogP contribution in [0.2, 0.25) is 0 Å². The van der Waals surface area contributed by atoms with Crippen molar-refractivity contribution >= 4 is 24.0 Å². The molecule has 2 N–H and O–H groups in total. The molecule has 0 atom stereocenters. The van der Waals surface area contributed by atoms with Gasteiger partial charge in [0.1, 0.15) is 0 Å². The fourth-order valence-electron chi connectivity index (χ4n) is 1.37. The number of aliphatic hydroxyl groups is 1. The van der Waals surface area contributed by atoms with Crippen molar-refractivity contribution in [3.05, 3.63) is 10.4 Å². The quantitative estimate of drug-likeness (QED) is 0.767. The van der Waals surface area contributed by atoms with E-state index in [1.165, 1.54) is 11.3 Å². The number of aromatic nitrogens is 1. The van der Waals surface area contributed by atoms with Crippen LogP contribution in [0.3, 0.4) is 0 Å². The van der Waals surface area contributed by atoms with Crippen molar-refractivity contribution in [2.24, 2.45) is 0 Å². The standard InChI is InChI=1S/C12H22BNO3S/c1-6-7-9-10(14-8-18-9)13(16)17-12(4,5)11(2,3)15/h8,15-16H,6-7H2,1-5H3. The summed E-state index contributed by atoms with van der Waals surface area (Å²) in [5.74, 6) is 0. The van der Waals surface area contributed by atoms with Gasteiger partial charge in [0.2, 0.25) is 0 Å². The van der Waals surface area contributed by atoms with Crippen LogP contribution >= 0.6 is 11.3 Å². The van der Waals surface area contributed by atoms with E-state index in [0.29, 0.717) is 5.59 Å². The van der Waals surface area contributed by atoms with Gasteiger partial charge in [-0.05, 0) is 34.1 Å². The Labute approximate surface area is 113 Å². The summed E-state index contributed by atoms with van der Waals surface area (Å²) in [6, 6.07) is 0. The van der Waals surface area contributed by atoms with Crippen LogP contribution in [0.1, 0.15) is 45.9 Å². The summed E-state index contributed by atoms with van der Waals surface area (Å²) in [4.78, 5) is 5.20. The molecule has 0 unspecified atom stereocenters. The van der Waals surface area contributed by atoms with Gasteiger partial charge in [-0.2, -0.15) is 0 Å². The molecule has 0 amide bonds. The number of hydrogen-bond donors (Lipinski definition) is 2. The van der Waals surface area contributed by atoms with Crippen LogP contribution in [0.4, 0.5) is 0 Å². The van der Waals surface area contributed by atoms with Gasteiger partial charge in [-0.15, -0.1) is 11.3 Å². The van der Waals surface area contributed by atoms with E-state index < -0.39 is 18.3 Å². The minimum atomic E-state index is -1.10. The van der Waals surface area contributed by atoms with E-state index in [-0.39, 0.29) is 0 Å². The van der Waals surface area contributed by atoms with Crippen LogP contribution in [-0.4, -0.2) is 33.4 Å². The maximum Gasteiger partial charge on any atom is 0.512 e. The Hall–Kier alpha value is -0.425. The lowest BCUT2D eigenvalue weighted by atomic mass is 9.79. The predicted octanol–water partition coefficient (Wildman–Crippen LogP) is 1.35. The second-order valence-electron chi connectivity index (χ2n) is 5.45. The number of hydrogen-bond acceptors (Lipinski definition) is 5. The van der Waals surface area contributed by atoms with Gasteiger partial charge in [0.25, 0.3) is 0 Å². The van der Waals surface area contributed by atoms with Gasteiger partial charge in [0.15, 0.2) is 0 Å². The highest BCUT2D eigenvalue weighted by molar-refractivity contribution is 7.10. The first kappa shape index (κ1) is 15.6. The zero-order valence-electron chi connectivity index (χ0n) is 11.7. The van der Waals surface area contributed by atoms with Crippen LogP contribution in [-0.2, 0) is 11.1 Å². The van der Waals surface area contributed by atoms with Crippen molar-refractivity contribution in [3.8, 4) is 0 Å². The maximum atomic E-state index is 10.1. The van der Waals surface area contributed by atoms with Crippen molar-refractivity contribution in [1.29, 1.82) is 0 Å². The lowest BCUT2D eigenvalue weighted by Crippen LogP contribution is -2.53. The lowest BCUT2D eigenvalue weighted by molar-refractivity contribution is -0.0983. The van der Waals surface area contributed by atoms with Gasteiger partial charge in [-0.1, -0.05) is 13.3 Å². The van der Waals surface area contributed by atoms with Crippen molar-refractivity contribution in [3.63, 3.8) is 0 Å². The average Bonchev–Trinajstić information content (AvgIpc) is 2.64. The van der Waals surface area contributed by atoms with Gasteiger partial charge in [-0.3, -0.25) is 4.98 Å². The van der Waals surface area contributed by atoms with Crippen LogP contribution in [0.25, 0.3) is 0 Å². The molecule has 4 nitrogen and oxygen atoms in total. The topological polar surface area (TPSA) is 62.6 Å². The van der Waals surface area contributed by atoms with Crippen LogP contribution in [0, 0.1) is 0 Å². The highest BCUT2D eigenvalue weighted by Crippen LogP contribution is 2.25. The molecule has 1 aromatic rings. The third-order valence-corrected chi connectivity index (χ3v) is 4.17. The Kier molecular flexibility index (Phi) is 4.94. The van der Waals surface area contributed by atoms with Crippen LogP contribution in [0.5, 0.6) is 0 Å². The summed E-state index contributed by atoms with van der Waals surface area (Å²) in [5, 5.41) is 20.1. The second kappa shape index (κ2) is 5.69. The second-order valence-corrected chi connectivity index (χ2v) is 6.39. The summed E-state index contributed by atoms with van der Waals surface area (Å²) in [5.41, 5.74) is 0.373. The zero-order valence-corrected chi connectivity index (χ0v) is 12.5. The summed E-state index contributed by atoms with van der Waals surface area (Å²) in [7, 11) is -1.10. The third-order valence-electron chi connectivity index (χ3n) is 3.26. The van der Waals surface area contributed by atoms with E-state index in [1.807, 2.05) is 0 Å². The number of rotatable bonds is 6. The molecule has 18 heavy (non-hydrogen) atoms. The summed E-state index contributed by atoms with van der Waals surface area (Å²) < 4.78 is 5.58. The van der Waals surface area contributed by atoms with Crippen LogP contribution in [0.15, 0.2) is 5.51 Å². The molecule has 0 aromatic carbocycles. The predicted molar refractivity (Wildman–Crippen MR) is 75.2 cm³/mol. The molecule has 0 aliphatic heterocycles. The molecule has 102 valence electrons. The number of aryl methyl sites for hydroxylation is 1. The van der Waals surface area contributed by atoms with Gasteiger partial charge in [0.05, 0.1) is 22.3 Å². The normalized spacial score (nSPS) is 12.8. The van der Waals surface area contributed by atoms with E-state index in [0.717, 1.165) is 17.7 Å². The first-order chi connectivity index (χ1) is 8.19. The molecular formula is C12H22BNO3S. The highest BCUT2D eigenvalue weighted by Gasteiger charge is 2.40. The largest absolute Gasteiger partial charge is 0.512 e. The highest BCUT2D eigenvalue weighted by atomic mass is 32.1. The fraction of sp³-hybridized carbons (Fsp3) is 0.750. The summed E-state index contributed by atoms with van der Waals surface area (Å²) in [6.07, 6.45) is 1.88. The molecule has 6 heteroatoms. The Morgan fingerprint density at radius 1 is 1.39 bits per heavy atom. The Balaban J connectivity index is 2.82. The molecule has 1 aromatic heterocycles. The molecule has 0 aliphatic rings. The van der Waals surface area contributed by atoms with Gasteiger partial charge in [-0.25, -0.2) is 0 Å². The first-order valence-corrected chi connectivity index (χ1v) is 7.07. The monoisotopic (exact) mass is 271 g/mol. The van der Waals surface area contributed by atoms with Gasteiger partial charge >= 0.3 is 7.12 Å². The van der Waals surface area contributed by atoms with E-state index in [1.54, 1.807) is 33.2 Å². The molecule has 0 bridgehead atoms. The molecule has 0 radical (unpaired) electrons. The van der Waals surface area contributed by atoms with Crippen molar-refractivity contribution in [1.82, 2.24) is 4.98 Å². The Morgan fingerprint density at radius 3 is 2.50 bits per heavy atom. The average molecular weight is 271 g/mol. The Morgan fingerprint density at radius 2 is 2.00 bits per heavy atom. The molecule has 0 fully saturated rings. The summed E-state index contributed by atoms with van der Waals surface area (Å²) >= 11 is 1.52. The van der Waals surface area contributed by atoms with Crippen molar-refractivity contribution in [2.45, 2.75) is 58.7 Å². The van der Waals surface area contributed by atoms with Crippen LogP contribution < -0.4 is 5.59 Å². The van der Waals surface area contributed by atoms with Gasteiger partial charge < -0.3 is 14.8 Å². The smallest absolute Gasteiger partial charge is 0.422 e. The van der Waals surface area contributed by atoms with E-state index >= 15 is 0 Å². The fourth-order valence-corrected chi connectivity index (χ4v) is 2.26. The maximum absolute atomic E-state index is 10.1. The molecule has 0 saturated carbocycles. The van der Waals surface area contributed by atoms with Crippen molar-refractivity contribution in [2.75, 3.05) is 0 Å². The molecule has 0 aliphatic carbocycles. The number of thiazole rings is 1. The third kappa shape index (κ3) is 3.54. The Bertz CT molecular complexity index is 387. The van der Waals surface area contributed by atoms with E-state index in [2.05, 4.69) is 11.9 Å². The molecule has 0 spiro atoms. The molecule has 0 saturated heterocycles. The SMILES string of the molecule is CCCc1scnc1B(O)OC(C)(C)C(C)(C)O. The minimum absolute atomic E-state index is 0.569. The summed E-state index contributed by atoms with van der Waals surface area (Å²) in [6.45, 7) is 8.91. The molecular weight excluding hydrogens is 249 g/mol. The lowest BCUT2D eigenvalue weighted by Gasteiger charge is -2.38. The van der Waals surface area contributed by atoms with E-state index in [4.69, 9.17) is 4.65 Å².